The second kappa shape index (κ2) is 5.81. The fourth-order valence-corrected chi connectivity index (χ4v) is 3.45. The van der Waals surface area contributed by atoms with E-state index in [0.717, 1.165) is 6.42 Å². The molecule has 0 spiro atoms. The van der Waals surface area contributed by atoms with Crippen LogP contribution in [0.5, 0.6) is 0 Å². The third-order valence-corrected chi connectivity index (χ3v) is 5.10. The molecule has 1 aromatic rings. The van der Waals surface area contributed by atoms with Gasteiger partial charge in [0.1, 0.15) is 0 Å². The van der Waals surface area contributed by atoms with Crippen LogP contribution < -0.4 is 5.32 Å². The molecule has 0 aliphatic heterocycles. The van der Waals surface area contributed by atoms with Crippen LogP contribution in [0.3, 0.4) is 0 Å². The maximum absolute atomic E-state index is 6.08. The maximum Gasteiger partial charge on any atom is 0.0595 e. The molecule has 1 N–H and O–H groups in total. The SMILES string of the molecule is CNC(Cc1ccc(Cl)c(Cl)c1)C1(C)CCCC1. The quantitative estimate of drug-likeness (QED) is 0.845. The molecule has 0 heterocycles. The summed E-state index contributed by atoms with van der Waals surface area (Å²) in [4.78, 5) is 0. The first-order valence-electron chi connectivity index (χ1n) is 6.66. The van der Waals surface area contributed by atoms with Crippen LogP contribution in [0.1, 0.15) is 38.2 Å². The van der Waals surface area contributed by atoms with Crippen molar-refractivity contribution in [2.24, 2.45) is 5.41 Å². The van der Waals surface area contributed by atoms with E-state index in [1.165, 1.54) is 31.2 Å². The van der Waals surface area contributed by atoms with Gasteiger partial charge < -0.3 is 5.32 Å². The highest BCUT2D eigenvalue weighted by Gasteiger charge is 2.35. The fourth-order valence-electron chi connectivity index (χ4n) is 3.13. The summed E-state index contributed by atoms with van der Waals surface area (Å²) in [7, 11) is 2.06. The zero-order valence-electron chi connectivity index (χ0n) is 11.1. The van der Waals surface area contributed by atoms with E-state index in [1.807, 2.05) is 12.1 Å². The van der Waals surface area contributed by atoms with Crippen LogP contribution in [0.25, 0.3) is 0 Å². The van der Waals surface area contributed by atoms with Crippen LogP contribution >= 0.6 is 23.2 Å². The molecule has 0 bridgehead atoms. The minimum absolute atomic E-state index is 0.418. The molecular formula is C15H21Cl2N. The Morgan fingerprint density at radius 3 is 2.44 bits per heavy atom. The summed E-state index contributed by atoms with van der Waals surface area (Å²) in [5, 5.41) is 4.78. The summed E-state index contributed by atoms with van der Waals surface area (Å²) in [5.41, 5.74) is 1.68. The number of rotatable bonds is 4. The molecule has 1 aliphatic carbocycles. The van der Waals surface area contributed by atoms with Gasteiger partial charge in [-0.3, -0.25) is 0 Å². The van der Waals surface area contributed by atoms with E-state index in [4.69, 9.17) is 23.2 Å². The Labute approximate surface area is 120 Å². The third-order valence-electron chi connectivity index (χ3n) is 4.36. The summed E-state index contributed by atoms with van der Waals surface area (Å²) in [6.07, 6.45) is 6.37. The highest BCUT2D eigenvalue weighted by molar-refractivity contribution is 6.42. The molecule has 1 aliphatic rings. The number of halogens is 2. The van der Waals surface area contributed by atoms with Gasteiger partial charge >= 0.3 is 0 Å². The largest absolute Gasteiger partial charge is 0.316 e. The van der Waals surface area contributed by atoms with Gasteiger partial charge in [0.25, 0.3) is 0 Å². The molecule has 1 fully saturated rings. The van der Waals surface area contributed by atoms with Crippen molar-refractivity contribution in [1.82, 2.24) is 5.32 Å². The first kappa shape index (κ1) is 14.2. The second-order valence-electron chi connectivity index (χ2n) is 5.65. The lowest BCUT2D eigenvalue weighted by Gasteiger charge is -2.34. The molecule has 18 heavy (non-hydrogen) atoms. The molecule has 0 amide bonds. The second-order valence-corrected chi connectivity index (χ2v) is 6.47. The van der Waals surface area contributed by atoms with Crippen molar-refractivity contribution in [3.05, 3.63) is 33.8 Å². The van der Waals surface area contributed by atoms with Crippen molar-refractivity contribution in [1.29, 1.82) is 0 Å². The van der Waals surface area contributed by atoms with Gasteiger partial charge in [0, 0.05) is 6.04 Å². The molecule has 1 aromatic carbocycles. The van der Waals surface area contributed by atoms with Gasteiger partial charge in [-0.25, -0.2) is 0 Å². The van der Waals surface area contributed by atoms with Crippen LogP contribution in [0.15, 0.2) is 18.2 Å². The standard InChI is InChI=1S/C15H21Cl2N/c1-15(7-3-4-8-15)14(18-2)10-11-5-6-12(16)13(17)9-11/h5-6,9,14,18H,3-4,7-8,10H2,1-2H3. The van der Waals surface area contributed by atoms with Crippen LogP contribution in [-0.4, -0.2) is 13.1 Å². The molecule has 100 valence electrons. The van der Waals surface area contributed by atoms with Gasteiger partial charge in [-0.1, -0.05) is 49.0 Å². The van der Waals surface area contributed by atoms with Crippen LogP contribution in [0, 0.1) is 5.41 Å². The summed E-state index contributed by atoms with van der Waals surface area (Å²) in [5.74, 6) is 0. The van der Waals surface area contributed by atoms with E-state index < -0.39 is 0 Å². The van der Waals surface area contributed by atoms with Gasteiger partial charge in [0.05, 0.1) is 10.0 Å². The Kier molecular flexibility index (Phi) is 4.58. The Morgan fingerprint density at radius 1 is 1.22 bits per heavy atom. The van der Waals surface area contributed by atoms with Crippen molar-refractivity contribution in [2.45, 2.75) is 45.1 Å². The Bertz CT molecular complexity index is 411. The molecule has 0 radical (unpaired) electrons. The average Bonchev–Trinajstić information content (AvgIpc) is 2.78. The minimum Gasteiger partial charge on any atom is -0.316 e. The van der Waals surface area contributed by atoms with Gasteiger partial charge in [-0.15, -0.1) is 0 Å². The van der Waals surface area contributed by atoms with Crippen LogP contribution in [0.2, 0.25) is 10.0 Å². The Hall–Kier alpha value is -0.240. The Balaban J connectivity index is 2.12. The van der Waals surface area contributed by atoms with E-state index in [2.05, 4.69) is 25.4 Å². The monoisotopic (exact) mass is 285 g/mol. The predicted octanol–water partition coefficient (Wildman–Crippen LogP) is 4.70. The fraction of sp³-hybridized carbons (Fsp3) is 0.600. The molecule has 1 unspecified atom stereocenters. The zero-order chi connectivity index (χ0) is 13.2. The molecule has 2 rings (SSSR count). The average molecular weight is 286 g/mol. The first-order valence-corrected chi connectivity index (χ1v) is 7.42. The van der Waals surface area contributed by atoms with E-state index in [-0.39, 0.29) is 0 Å². The van der Waals surface area contributed by atoms with Gasteiger partial charge in [-0.05, 0) is 49.4 Å². The van der Waals surface area contributed by atoms with Crippen LogP contribution in [-0.2, 0) is 6.42 Å². The molecular weight excluding hydrogens is 265 g/mol. The highest BCUT2D eigenvalue weighted by atomic mass is 35.5. The normalized spacial score (nSPS) is 20.0. The molecule has 1 atom stereocenters. The summed E-state index contributed by atoms with van der Waals surface area (Å²) in [6, 6.07) is 6.48. The maximum atomic E-state index is 6.08. The van der Waals surface area contributed by atoms with Crippen molar-refractivity contribution < 1.29 is 0 Å². The summed E-state index contributed by atoms with van der Waals surface area (Å²) >= 11 is 12.0. The third kappa shape index (κ3) is 3.01. The van der Waals surface area contributed by atoms with E-state index in [1.54, 1.807) is 0 Å². The lowest BCUT2D eigenvalue weighted by Crippen LogP contribution is -2.41. The van der Waals surface area contributed by atoms with Crippen LogP contribution in [0.4, 0.5) is 0 Å². The number of hydrogen-bond donors (Lipinski definition) is 1. The number of hydrogen-bond acceptors (Lipinski definition) is 1. The topological polar surface area (TPSA) is 12.0 Å². The molecule has 1 saturated carbocycles. The Morgan fingerprint density at radius 2 is 1.89 bits per heavy atom. The summed E-state index contributed by atoms with van der Waals surface area (Å²) < 4.78 is 0. The number of nitrogens with one attached hydrogen (secondary N) is 1. The molecule has 0 aromatic heterocycles. The number of benzene rings is 1. The number of likely N-dealkylation sites (N-methyl/N-ethyl adjacent to an activating group) is 1. The van der Waals surface area contributed by atoms with E-state index in [9.17, 15) is 0 Å². The van der Waals surface area contributed by atoms with Crippen molar-refractivity contribution in [2.75, 3.05) is 7.05 Å². The summed E-state index contributed by atoms with van der Waals surface area (Å²) in [6.45, 7) is 2.40. The smallest absolute Gasteiger partial charge is 0.0595 e. The molecule has 3 heteroatoms. The van der Waals surface area contributed by atoms with Crippen molar-refractivity contribution in [3.8, 4) is 0 Å². The zero-order valence-corrected chi connectivity index (χ0v) is 12.6. The predicted molar refractivity (Wildman–Crippen MR) is 79.6 cm³/mol. The first-order chi connectivity index (χ1) is 8.55. The lowest BCUT2D eigenvalue weighted by molar-refractivity contribution is 0.229. The molecule has 1 nitrogen and oxygen atoms in total. The van der Waals surface area contributed by atoms with Gasteiger partial charge in [-0.2, -0.15) is 0 Å². The van der Waals surface area contributed by atoms with E-state index in [0.29, 0.717) is 21.5 Å². The minimum atomic E-state index is 0.418. The highest BCUT2D eigenvalue weighted by Crippen LogP contribution is 2.41. The van der Waals surface area contributed by atoms with Crippen molar-refractivity contribution in [3.63, 3.8) is 0 Å². The van der Waals surface area contributed by atoms with E-state index >= 15 is 0 Å². The van der Waals surface area contributed by atoms with Gasteiger partial charge in [0.2, 0.25) is 0 Å². The molecule has 0 saturated heterocycles. The lowest BCUT2D eigenvalue weighted by atomic mass is 9.78. The van der Waals surface area contributed by atoms with Gasteiger partial charge in [0.15, 0.2) is 0 Å². The van der Waals surface area contributed by atoms with Crippen molar-refractivity contribution >= 4 is 23.2 Å².